The van der Waals surface area contributed by atoms with Gasteiger partial charge in [0.05, 0.1) is 31.3 Å². The van der Waals surface area contributed by atoms with Gasteiger partial charge in [-0.05, 0) is 48.9 Å². The maximum absolute atomic E-state index is 12.7. The molecule has 1 unspecified atom stereocenters. The van der Waals surface area contributed by atoms with E-state index in [2.05, 4.69) is 15.6 Å². The van der Waals surface area contributed by atoms with E-state index < -0.39 is 54.1 Å². The van der Waals surface area contributed by atoms with Gasteiger partial charge in [-0.15, -0.1) is 0 Å². The fraction of sp³-hybridized carbons (Fsp3) is 0.261. The number of nitrogens with one attached hydrogen (secondary N) is 3. The number of nitrogens with two attached hydrogens (primary N) is 2. The van der Waals surface area contributed by atoms with Crippen LogP contribution >= 0.6 is 23.2 Å². The average Bonchev–Trinajstić information content (AvgIpc) is 2.80. The summed E-state index contributed by atoms with van der Waals surface area (Å²) >= 11 is 12.1. The maximum atomic E-state index is 12.7. The van der Waals surface area contributed by atoms with Crippen LogP contribution in [0.5, 0.6) is 0 Å². The van der Waals surface area contributed by atoms with E-state index in [1.807, 2.05) is 0 Å². The summed E-state index contributed by atoms with van der Waals surface area (Å²) in [5, 5.41) is 6.95. The second-order valence-electron chi connectivity index (χ2n) is 7.77. The summed E-state index contributed by atoms with van der Waals surface area (Å²) in [4.78, 5) is 52.4. The van der Waals surface area contributed by atoms with E-state index in [0.717, 1.165) is 18.2 Å². The zero-order chi connectivity index (χ0) is 29.3. The van der Waals surface area contributed by atoms with Gasteiger partial charge in [-0.2, -0.15) is 13.2 Å². The maximum Gasteiger partial charge on any atom is 0.471 e. The standard InChI is InChI=1S/C23H23Cl2F3N6O5/c1-2-39-19(36)9-17(11-3-13(24)7-14(25)4-11)34-18(35)10-31-20(37)12-5-15(32-21(38)23(26,27)28)8-16(6-12)33-22(29)30/h3-8,17H,2,9-10H2,1H3,(H,31,37)(H,32,38)(H,34,35)(H4,29,30,33). The highest BCUT2D eigenvalue weighted by Crippen LogP contribution is 2.26. The highest BCUT2D eigenvalue weighted by molar-refractivity contribution is 6.34. The fourth-order valence-corrected chi connectivity index (χ4v) is 3.70. The molecule has 11 nitrogen and oxygen atoms in total. The molecule has 0 aliphatic rings. The first-order valence-corrected chi connectivity index (χ1v) is 11.8. The Labute approximate surface area is 230 Å². The minimum atomic E-state index is -5.19. The lowest BCUT2D eigenvalue weighted by atomic mass is 10.0. The van der Waals surface area contributed by atoms with Crippen LogP contribution in [0.3, 0.4) is 0 Å². The summed E-state index contributed by atoms with van der Waals surface area (Å²) in [6.07, 6.45) is -5.47. The van der Waals surface area contributed by atoms with Crippen molar-refractivity contribution in [3.63, 3.8) is 0 Å². The average molecular weight is 591 g/mol. The highest BCUT2D eigenvalue weighted by atomic mass is 35.5. The predicted octanol–water partition coefficient (Wildman–Crippen LogP) is 2.94. The number of aliphatic imine (C=N–C) groups is 1. The third kappa shape index (κ3) is 10.3. The van der Waals surface area contributed by atoms with Crippen molar-refractivity contribution in [1.29, 1.82) is 0 Å². The number of hydrogen-bond acceptors (Lipinski definition) is 6. The van der Waals surface area contributed by atoms with Gasteiger partial charge in [0.15, 0.2) is 5.96 Å². The second kappa shape index (κ2) is 13.7. The Morgan fingerprint density at radius 1 is 1.03 bits per heavy atom. The Kier molecular flexibility index (Phi) is 10.9. The first-order chi connectivity index (χ1) is 18.2. The molecule has 210 valence electrons. The number of alkyl halides is 3. The Balaban J connectivity index is 2.20. The van der Waals surface area contributed by atoms with E-state index in [1.54, 1.807) is 12.2 Å². The highest BCUT2D eigenvalue weighted by Gasteiger charge is 2.38. The minimum absolute atomic E-state index is 0.107. The van der Waals surface area contributed by atoms with E-state index in [4.69, 9.17) is 39.4 Å². The fourth-order valence-electron chi connectivity index (χ4n) is 3.15. The number of amides is 3. The topological polar surface area (TPSA) is 178 Å². The summed E-state index contributed by atoms with van der Waals surface area (Å²) in [6.45, 7) is 1.11. The van der Waals surface area contributed by atoms with Gasteiger partial charge in [0.1, 0.15) is 0 Å². The molecule has 39 heavy (non-hydrogen) atoms. The molecule has 0 bridgehead atoms. The summed E-state index contributed by atoms with van der Waals surface area (Å²) in [5.41, 5.74) is 10.1. The first-order valence-electron chi connectivity index (χ1n) is 11.0. The van der Waals surface area contributed by atoms with Crippen molar-refractivity contribution in [3.05, 3.63) is 57.6 Å². The quantitative estimate of drug-likeness (QED) is 0.160. The molecule has 1 atom stereocenters. The van der Waals surface area contributed by atoms with Crippen molar-refractivity contribution < 1.29 is 37.1 Å². The van der Waals surface area contributed by atoms with Gasteiger partial charge >= 0.3 is 18.1 Å². The van der Waals surface area contributed by atoms with Gasteiger partial charge in [-0.25, -0.2) is 4.99 Å². The number of nitrogens with zero attached hydrogens (tertiary/aromatic N) is 1. The molecular weight excluding hydrogens is 568 g/mol. The minimum Gasteiger partial charge on any atom is -0.466 e. The van der Waals surface area contributed by atoms with Crippen molar-refractivity contribution in [1.82, 2.24) is 10.6 Å². The molecule has 2 rings (SSSR count). The van der Waals surface area contributed by atoms with Crippen LogP contribution in [-0.2, 0) is 19.1 Å². The number of rotatable bonds is 10. The third-order valence-corrected chi connectivity index (χ3v) is 5.10. The van der Waals surface area contributed by atoms with Crippen LogP contribution in [0.1, 0.15) is 35.3 Å². The lowest BCUT2D eigenvalue weighted by Gasteiger charge is -2.19. The van der Waals surface area contributed by atoms with Crippen LogP contribution in [-0.4, -0.2) is 49.0 Å². The second-order valence-corrected chi connectivity index (χ2v) is 8.64. The van der Waals surface area contributed by atoms with E-state index in [1.165, 1.54) is 18.2 Å². The van der Waals surface area contributed by atoms with Crippen LogP contribution in [0.4, 0.5) is 24.5 Å². The summed E-state index contributed by atoms with van der Waals surface area (Å²) in [6, 6.07) is 6.57. The molecule has 16 heteroatoms. The number of ether oxygens (including phenoxy) is 1. The molecule has 0 fully saturated rings. The molecule has 2 aromatic carbocycles. The predicted molar refractivity (Wildman–Crippen MR) is 138 cm³/mol. The Hall–Kier alpha value is -4.04. The molecular formula is C23H23Cl2F3N6O5. The molecule has 0 aliphatic heterocycles. The van der Waals surface area contributed by atoms with Crippen LogP contribution in [0, 0.1) is 0 Å². The molecule has 3 amide bonds. The summed E-state index contributed by atoms with van der Waals surface area (Å²) in [7, 11) is 0. The smallest absolute Gasteiger partial charge is 0.466 e. The van der Waals surface area contributed by atoms with Crippen molar-refractivity contribution in [3.8, 4) is 0 Å². The van der Waals surface area contributed by atoms with Gasteiger partial charge in [0, 0.05) is 21.3 Å². The lowest BCUT2D eigenvalue weighted by molar-refractivity contribution is -0.167. The van der Waals surface area contributed by atoms with Crippen LogP contribution < -0.4 is 27.4 Å². The molecule has 0 spiro atoms. The molecule has 0 aliphatic carbocycles. The zero-order valence-corrected chi connectivity index (χ0v) is 21.7. The lowest BCUT2D eigenvalue weighted by Crippen LogP contribution is -2.39. The van der Waals surface area contributed by atoms with Gasteiger partial charge in [0.2, 0.25) is 5.91 Å². The van der Waals surface area contributed by atoms with Crippen molar-refractivity contribution >= 4 is 64.2 Å². The van der Waals surface area contributed by atoms with Gasteiger partial charge < -0.3 is 32.2 Å². The van der Waals surface area contributed by atoms with Crippen molar-refractivity contribution in [2.45, 2.75) is 25.6 Å². The van der Waals surface area contributed by atoms with Gasteiger partial charge in [-0.3, -0.25) is 19.2 Å². The Morgan fingerprint density at radius 2 is 1.67 bits per heavy atom. The zero-order valence-electron chi connectivity index (χ0n) is 20.2. The van der Waals surface area contributed by atoms with Crippen LogP contribution in [0.25, 0.3) is 0 Å². The number of guanidine groups is 1. The number of anilines is 1. The number of carbonyl (C=O) groups excluding carboxylic acids is 4. The molecule has 0 saturated carbocycles. The normalized spacial score (nSPS) is 11.6. The van der Waals surface area contributed by atoms with E-state index in [-0.39, 0.29) is 34.3 Å². The molecule has 2 aromatic rings. The summed E-state index contributed by atoms with van der Waals surface area (Å²) < 4.78 is 42.9. The number of esters is 1. The van der Waals surface area contributed by atoms with Gasteiger partial charge in [-0.1, -0.05) is 23.2 Å². The molecule has 0 heterocycles. The number of carbonyl (C=O) groups is 4. The number of benzene rings is 2. The van der Waals surface area contributed by atoms with Crippen LogP contribution in [0.15, 0.2) is 41.4 Å². The first kappa shape index (κ1) is 31.2. The molecule has 7 N–H and O–H groups in total. The molecule has 0 aromatic heterocycles. The van der Waals surface area contributed by atoms with E-state index >= 15 is 0 Å². The summed E-state index contributed by atoms with van der Waals surface area (Å²) in [5.74, 6) is -5.02. The monoisotopic (exact) mass is 590 g/mol. The third-order valence-electron chi connectivity index (χ3n) is 4.66. The molecule has 0 radical (unpaired) electrons. The Bertz CT molecular complexity index is 1270. The SMILES string of the molecule is CCOC(=O)CC(NC(=O)CNC(=O)c1cc(N=C(N)N)cc(NC(=O)C(F)(F)F)c1)c1cc(Cl)cc(Cl)c1. The van der Waals surface area contributed by atoms with Crippen LogP contribution in [0.2, 0.25) is 10.0 Å². The van der Waals surface area contributed by atoms with Crippen molar-refractivity contribution in [2.24, 2.45) is 16.5 Å². The number of hydrogen-bond donors (Lipinski definition) is 5. The largest absolute Gasteiger partial charge is 0.471 e. The van der Waals surface area contributed by atoms with E-state index in [0.29, 0.717) is 5.56 Å². The number of halogens is 5. The van der Waals surface area contributed by atoms with E-state index in [9.17, 15) is 32.3 Å². The Morgan fingerprint density at radius 3 is 2.23 bits per heavy atom. The van der Waals surface area contributed by atoms with Crippen molar-refractivity contribution in [2.75, 3.05) is 18.5 Å². The van der Waals surface area contributed by atoms with Gasteiger partial charge in [0.25, 0.3) is 5.91 Å². The molecule has 0 saturated heterocycles.